The molecule has 1 nitrogen and oxygen atoms in total. The largest absolute Gasteiger partial charge is 0.388 e. The molecule has 1 heteroatoms. The lowest BCUT2D eigenvalue weighted by atomic mass is 9.69. The molecule has 30 heavy (non-hydrogen) atoms. The summed E-state index contributed by atoms with van der Waals surface area (Å²) in [6.45, 7) is 2.45. The summed E-state index contributed by atoms with van der Waals surface area (Å²) < 4.78 is 0. The van der Waals surface area contributed by atoms with Gasteiger partial charge < -0.3 is 5.11 Å². The predicted molar refractivity (Wildman–Crippen MR) is 125 cm³/mol. The number of hydrogen-bond acceptors (Lipinski definition) is 1. The molecule has 1 N–H and O–H groups in total. The van der Waals surface area contributed by atoms with E-state index in [1.807, 2.05) is 0 Å². The SMILES string of the molecule is CC1(CC2Cc3c(-c4ccccc4-c4ccccc4)cccc3C2O)CCCCC1. The zero-order valence-electron chi connectivity index (χ0n) is 18.0. The van der Waals surface area contributed by atoms with Crippen LogP contribution < -0.4 is 0 Å². The summed E-state index contributed by atoms with van der Waals surface area (Å²) in [5.41, 5.74) is 7.99. The number of aliphatic hydroxyl groups is 1. The average Bonchev–Trinajstić information content (AvgIpc) is 3.10. The summed E-state index contributed by atoms with van der Waals surface area (Å²) in [4.78, 5) is 0. The first-order valence-electron chi connectivity index (χ1n) is 11.6. The molecule has 1 saturated carbocycles. The van der Waals surface area contributed by atoms with Crippen molar-refractivity contribution in [2.24, 2.45) is 11.3 Å². The van der Waals surface area contributed by atoms with Gasteiger partial charge in [0.2, 0.25) is 0 Å². The van der Waals surface area contributed by atoms with E-state index in [-0.39, 0.29) is 6.10 Å². The van der Waals surface area contributed by atoms with Crippen LogP contribution in [0.25, 0.3) is 22.3 Å². The predicted octanol–water partition coefficient (Wildman–Crippen LogP) is 7.59. The first-order valence-corrected chi connectivity index (χ1v) is 11.6. The van der Waals surface area contributed by atoms with Crippen LogP contribution in [-0.2, 0) is 6.42 Å². The van der Waals surface area contributed by atoms with Crippen molar-refractivity contribution in [1.29, 1.82) is 0 Å². The maximum absolute atomic E-state index is 11.2. The molecular formula is C29H32O. The highest BCUT2D eigenvalue weighted by molar-refractivity contribution is 5.85. The van der Waals surface area contributed by atoms with Crippen molar-refractivity contribution in [3.8, 4) is 22.3 Å². The van der Waals surface area contributed by atoms with Crippen LogP contribution in [0.3, 0.4) is 0 Å². The standard InChI is InChI=1S/C29H32O/c1-29(17-8-3-9-18-29)20-22-19-27-25(15-10-16-26(27)28(22)30)24-14-7-6-13-23(24)21-11-4-2-5-12-21/h2,4-7,10-16,22,28,30H,3,8-9,17-20H2,1H3. The highest BCUT2D eigenvalue weighted by atomic mass is 16.3. The second-order valence-corrected chi connectivity index (χ2v) is 9.77. The normalized spacial score (nSPS) is 22.6. The molecule has 0 saturated heterocycles. The van der Waals surface area contributed by atoms with Crippen LogP contribution in [0.1, 0.15) is 62.7 Å². The first-order chi connectivity index (χ1) is 14.6. The van der Waals surface area contributed by atoms with Crippen LogP contribution in [0.15, 0.2) is 72.8 Å². The topological polar surface area (TPSA) is 20.2 Å². The van der Waals surface area contributed by atoms with Gasteiger partial charge in [-0.15, -0.1) is 0 Å². The number of aliphatic hydroxyl groups excluding tert-OH is 1. The molecule has 0 radical (unpaired) electrons. The highest BCUT2D eigenvalue weighted by Gasteiger charge is 2.38. The fraction of sp³-hybridized carbons (Fsp3) is 0.379. The second kappa shape index (κ2) is 8.04. The van der Waals surface area contributed by atoms with Gasteiger partial charge in [0.25, 0.3) is 0 Å². The number of rotatable bonds is 4. The van der Waals surface area contributed by atoms with Gasteiger partial charge in [-0.2, -0.15) is 0 Å². The van der Waals surface area contributed by atoms with Gasteiger partial charge in [-0.1, -0.05) is 99.0 Å². The summed E-state index contributed by atoms with van der Waals surface area (Å²) in [5.74, 6) is 0.341. The zero-order chi connectivity index (χ0) is 20.6. The third-order valence-electron chi connectivity index (χ3n) is 7.56. The fourth-order valence-electron chi connectivity index (χ4n) is 6.00. The number of fused-ring (bicyclic) bond motifs is 1. The Kier molecular flexibility index (Phi) is 5.25. The molecule has 1 fully saturated rings. The van der Waals surface area contributed by atoms with Crippen molar-refractivity contribution in [3.05, 3.63) is 83.9 Å². The maximum Gasteiger partial charge on any atom is 0.0824 e. The van der Waals surface area contributed by atoms with E-state index in [1.165, 1.54) is 59.9 Å². The highest BCUT2D eigenvalue weighted by Crippen LogP contribution is 2.49. The minimum Gasteiger partial charge on any atom is -0.388 e. The van der Waals surface area contributed by atoms with E-state index >= 15 is 0 Å². The van der Waals surface area contributed by atoms with Crippen molar-refractivity contribution in [2.45, 2.75) is 58.0 Å². The van der Waals surface area contributed by atoms with Gasteiger partial charge in [-0.3, -0.25) is 0 Å². The lowest BCUT2D eigenvalue weighted by Crippen LogP contribution is -2.25. The van der Waals surface area contributed by atoms with E-state index in [0.29, 0.717) is 11.3 Å². The van der Waals surface area contributed by atoms with Gasteiger partial charge >= 0.3 is 0 Å². The Morgan fingerprint density at radius 3 is 2.20 bits per heavy atom. The maximum atomic E-state index is 11.2. The molecule has 2 aliphatic carbocycles. The number of benzene rings is 3. The summed E-state index contributed by atoms with van der Waals surface area (Å²) in [7, 11) is 0. The van der Waals surface area contributed by atoms with Gasteiger partial charge in [0, 0.05) is 0 Å². The lowest BCUT2D eigenvalue weighted by molar-refractivity contribution is 0.0714. The number of hydrogen-bond donors (Lipinski definition) is 1. The third kappa shape index (κ3) is 3.61. The lowest BCUT2D eigenvalue weighted by Gasteiger charge is -2.36. The third-order valence-corrected chi connectivity index (χ3v) is 7.56. The Bertz CT molecular complexity index is 1010. The van der Waals surface area contributed by atoms with E-state index < -0.39 is 0 Å². The molecule has 0 aromatic heterocycles. The average molecular weight is 397 g/mol. The Hall–Kier alpha value is -2.38. The molecule has 3 aromatic carbocycles. The molecule has 0 heterocycles. The molecule has 0 aliphatic heterocycles. The molecule has 3 aromatic rings. The van der Waals surface area contributed by atoms with Crippen molar-refractivity contribution >= 4 is 0 Å². The zero-order valence-corrected chi connectivity index (χ0v) is 18.0. The van der Waals surface area contributed by atoms with Gasteiger partial charge in [0.15, 0.2) is 0 Å². The Labute approximate surface area is 180 Å². The van der Waals surface area contributed by atoms with Gasteiger partial charge in [-0.05, 0) is 70.4 Å². The van der Waals surface area contributed by atoms with Crippen LogP contribution in [0, 0.1) is 11.3 Å². The molecule has 5 rings (SSSR count). The molecule has 154 valence electrons. The molecular weight excluding hydrogens is 364 g/mol. The van der Waals surface area contributed by atoms with E-state index in [4.69, 9.17) is 0 Å². The summed E-state index contributed by atoms with van der Waals surface area (Å²) in [5, 5.41) is 11.2. The van der Waals surface area contributed by atoms with Crippen molar-refractivity contribution in [3.63, 3.8) is 0 Å². The molecule has 0 bridgehead atoms. The minimum atomic E-state index is -0.331. The van der Waals surface area contributed by atoms with E-state index in [2.05, 4.69) is 79.7 Å². The molecule has 2 aliphatic rings. The van der Waals surface area contributed by atoms with Crippen LogP contribution in [0.4, 0.5) is 0 Å². The van der Waals surface area contributed by atoms with Gasteiger partial charge in [0.05, 0.1) is 6.10 Å². The quantitative estimate of drug-likeness (QED) is 0.482. The Morgan fingerprint density at radius 2 is 1.43 bits per heavy atom. The van der Waals surface area contributed by atoms with Gasteiger partial charge in [-0.25, -0.2) is 0 Å². The Balaban J connectivity index is 1.51. The monoisotopic (exact) mass is 396 g/mol. The van der Waals surface area contributed by atoms with E-state index in [1.54, 1.807) is 0 Å². The van der Waals surface area contributed by atoms with Crippen LogP contribution in [0.2, 0.25) is 0 Å². The molecule has 2 unspecified atom stereocenters. The smallest absolute Gasteiger partial charge is 0.0824 e. The first kappa shape index (κ1) is 19.6. The van der Waals surface area contributed by atoms with Crippen LogP contribution >= 0.6 is 0 Å². The molecule has 0 amide bonds. The van der Waals surface area contributed by atoms with Gasteiger partial charge in [0.1, 0.15) is 0 Å². The molecule has 0 spiro atoms. The summed E-state index contributed by atoms with van der Waals surface area (Å²) >= 11 is 0. The second-order valence-electron chi connectivity index (χ2n) is 9.77. The van der Waals surface area contributed by atoms with Crippen molar-refractivity contribution < 1.29 is 5.11 Å². The minimum absolute atomic E-state index is 0.331. The fourth-order valence-corrected chi connectivity index (χ4v) is 6.00. The van der Waals surface area contributed by atoms with Crippen LogP contribution in [0.5, 0.6) is 0 Å². The molecule has 2 atom stereocenters. The van der Waals surface area contributed by atoms with Crippen LogP contribution in [-0.4, -0.2) is 5.11 Å². The van der Waals surface area contributed by atoms with E-state index in [0.717, 1.165) is 18.4 Å². The van der Waals surface area contributed by atoms with Crippen molar-refractivity contribution in [2.75, 3.05) is 0 Å². The van der Waals surface area contributed by atoms with E-state index in [9.17, 15) is 5.11 Å². The van der Waals surface area contributed by atoms with Crippen molar-refractivity contribution in [1.82, 2.24) is 0 Å². The summed E-state index contributed by atoms with van der Waals surface area (Å²) in [6, 6.07) is 25.9. The summed E-state index contributed by atoms with van der Waals surface area (Å²) in [6.07, 6.45) is 8.51. The Morgan fingerprint density at radius 1 is 0.767 bits per heavy atom.